The van der Waals surface area contributed by atoms with E-state index in [2.05, 4.69) is 16.7 Å². The lowest BCUT2D eigenvalue weighted by molar-refractivity contribution is -0.158. The fourth-order valence-electron chi connectivity index (χ4n) is 4.92. The minimum absolute atomic E-state index is 0.140. The molecule has 1 fully saturated rings. The van der Waals surface area contributed by atoms with Gasteiger partial charge in [0.25, 0.3) is 5.91 Å². The zero-order valence-electron chi connectivity index (χ0n) is 27.9. The van der Waals surface area contributed by atoms with Gasteiger partial charge in [-0.1, -0.05) is 39.0 Å². The highest BCUT2D eigenvalue weighted by molar-refractivity contribution is 6.38. The first-order chi connectivity index (χ1) is 21.9. The number of likely N-dealkylation sites (tertiary alicyclic amines) is 1. The summed E-state index contributed by atoms with van der Waals surface area (Å²) in [5, 5.41) is 14.5. The van der Waals surface area contributed by atoms with Gasteiger partial charge >= 0.3 is 5.97 Å². The van der Waals surface area contributed by atoms with E-state index in [9.17, 15) is 24.0 Å². The molecule has 0 radical (unpaired) electrons. The van der Waals surface area contributed by atoms with E-state index in [1.807, 2.05) is 43.3 Å². The number of carboxylic acid groups (broad SMARTS) is 1. The number of carboxylic acids is 1. The van der Waals surface area contributed by atoms with E-state index in [0.29, 0.717) is 19.4 Å². The summed E-state index contributed by atoms with van der Waals surface area (Å²) in [6.07, 6.45) is 5.69. The highest BCUT2D eigenvalue weighted by Crippen LogP contribution is 2.28. The molecule has 1 saturated heterocycles. The number of amides is 3. The van der Waals surface area contributed by atoms with Crippen molar-refractivity contribution >= 4 is 35.2 Å². The predicted molar refractivity (Wildman–Crippen MR) is 176 cm³/mol. The Morgan fingerprint density at radius 1 is 0.913 bits per heavy atom. The lowest BCUT2D eigenvalue weighted by atomic mass is 9.84. The van der Waals surface area contributed by atoms with Crippen LogP contribution in [0.25, 0.3) is 0 Å². The van der Waals surface area contributed by atoms with E-state index in [1.54, 1.807) is 35.1 Å². The van der Waals surface area contributed by atoms with Crippen LogP contribution in [0.5, 0.6) is 11.5 Å². The number of aryl methyl sites for hydroxylation is 2. The van der Waals surface area contributed by atoms with Crippen LogP contribution in [0, 0.1) is 5.41 Å². The van der Waals surface area contributed by atoms with Gasteiger partial charge in [-0.3, -0.25) is 19.2 Å². The molecular weight excluding hydrogens is 590 g/mol. The quantitative estimate of drug-likeness (QED) is 0.250. The number of carbonyl (C=O) groups is 5. The van der Waals surface area contributed by atoms with Gasteiger partial charge in [0.05, 0.1) is 14.2 Å². The second-order valence-corrected chi connectivity index (χ2v) is 11.9. The maximum Gasteiger partial charge on any atom is 0.326 e. The topological polar surface area (TPSA) is 151 Å². The second-order valence-electron chi connectivity index (χ2n) is 11.9. The van der Waals surface area contributed by atoms with Gasteiger partial charge in [-0.2, -0.15) is 0 Å². The molecule has 11 nitrogen and oxygen atoms in total. The van der Waals surface area contributed by atoms with Crippen LogP contribution < -0.4 is 20.1 Å². The average molecular weight is 640 g/mol. The number of ether oxygens (including phenoxy) is 2. The molecule has 0 saturated carbocycles. The number of hydrogen-bond donors (Lipinski definition) is 3. The number of anilines is 1. The third-order valence-electron chi connectivity index (χ3n) is 8.19. The minimum Gasteiger partial charge on any atom is -0.493 e. The molecule has 1 aliphatic heterocycles. The summed E-state index contributed by atoms with van der Waals surface area (Å²) in [5.74, 6) is -0.991. The standard InChI is InChI=1S/C22H28N2O4.C13H21NO4/c1-23-21(25)12-13-22(26)24-18-9-5-8-16(14-18)6-4-7-17-10-11-19(27-2)20(15-17)28-3;1-4-13(2,3)10(15)11(16)14-8-6-5-7-9(14)12(17)18/h5,8-11,14-15H,4,6-7,12-13H2,1-3H3,(H,23,25)(H,24,26);9H,4-8H2,1-3H3,(H,17,18). The number of hydrogen-bond acceptors (Lipinski definition) is 7. The van der Waals surface area contributed by atoms with Crippen molar-refractivity contribution in [3.05, 3.63) is 53.6 Å². The number of piperidine rings is 1. The number of nitrogens with one attached hydrogen (secondary N) is 2. The number of benzene rings is 2. The molecule has 0 aromatic heterocycles. The van der Waals surface area contributed by atoms with E-state index in [0.717, 1.165) is 54.9 Å². The van der Waals surface area contributed by atoms with Crippen LogP contribution in [0.3, 0.4) is 0 Å². The summed E-state index contributed by atoms with van der Waals surface area (Å²) >= 11 is 0. The minimum atomic E-state index is -1.02. The molecule has 11 heteroatoms. The second kappa shape index (κ2) is 18.5. The Kier molecular flexibility index (Phi) is 15.2. The zero-order valence-corrected chi connectivity index (χ0v) is 27.9. The normalized spacial score (nSPS) is 14.3. The van der Waals surface area contributed by atoms with E-state index < -0.39 is 29.1 Å². The van der Waals surface area contributed by atoms with Crippen molar-refractivity contribution in [2.45, 2.75) is 84.6 Å². The molecule has 0 bridgehead atoms. The Morgan fingerprint density at radius 2 is 1.57 bits per heavy atom. The van der Waals surface area contributed by atoms with Gasteiger partial charge in [-0.25, -0.2) is 4.79 Å². The SMILES string of the molecule is CCC(C)(C)C(=O)C(=O)N1CCCCC1C(=O)O.CNC(=O)CCC(=O)Nc1cccc(CCCc2ccc(OC)c(OC)c2)c1. The van der Waals surface area contributed by atoms with Gasteiger partial charge in [0.1, 0.15) is 6.04 Å². The number of Topliss-reactive ketones (excluding diaryl/α,β-unsaturated/α-hetero) is 1. The molecule has 0 aliphatic carbocycles. The van der Waals surface area contributed by atoms with Gasteiger partial charge in [0.2, 0.25) is 17.6 Å². The zero-order chi connectivity index (χ0) is 34.3. The van der Waals surface area contributed by atoms with Crippen molar-refractivity contribution in [3.8, 4) is 11.5 Å². The summed E-state index contributed by atoms with van der Waals surface area (Å²) in [6.45, 7) is 5.64. The fraction of sp³-hybridized carbons (Fsp3) is 0.514. The molecular formula is C35H49N3O8. The van der Waals surface area contributed by atoms with Gasteiger partial charge in [-0.05, 0) is 80.3 Å². The molecule has 1 unspecified atom stereocenters. The van der Waals surface area contributed by atoms with E-state index in [-0.39, 0.29) is 24.7 Å². The Morgan fingerprint density at radius 3 is 2.17 bits per heavy atom. The molecule has 3 rings (SSSR count). The number of aliphatic carboxylic acids is 1. The van der Waals surface area contributed by atoms with Crippen LogP contribution in [-0.2, 0) is 36.8 Å². The van der Waals surface area contributed by atoms with Gasteiger partial charge < -0.3 is 30.1 Å². The maximum absolute atomic E-state index is 12.1. The van der Waals surface area contributed by atoms with Crippen LogP contribution in [0.1, 0.15) is 76.8 Å². The molecule has 3 amide bonds. The van der Waals surface area contributed by atoms with E-state index in [4.69, 9.17) is 14.6 Å². The summed E-state index contributed by atoms with van der Waals surface area (Å²) in [4.78, 5) is 59.7. The van der Waals surface area contributed by atoms with Gasteiger partial charge in [0, 0.05) is 37.5 Å². The molecule has 3 N–H and O–H groups in total. The first kappa shape index (κ1) is 37.8. The molecule has 2 aromatic carbocycles. The van der Waals surface area contributed by atoms with Crippen molar-refractivity contribution in [1.82, 2.24) is 10.2 Å². The highest BCUT2D eigenvalue weighted by atomic mass is 16.5. The summed E-state index contributed by atoms with van der Waals surface area (Å²) in [5.41, 5.74) is 2.38. The summed E-state index contributed by atoms with van der Waals surface area (Å²) in [7, 11) is 4.82. The molecule has 1 aliphatic rings. The van der Waals surface area contributed by atoms with Crippen molar-refractivity contribution < 1.29 is 38.6 Å². The number of nitrogens with zero attached hydrogens (tertiary/aromatic N) is 1. The Bertz CT molecular complexity index is 1360. The number of ketones is 1. The lowest BCUT2D eigenvalue weighted by Gasteiger charge is -2.34. The first-order valence-electron chi connectivity index (χ1n) is 15.7. The average Bonchev–Trinajstić information content (AvgIpc) is 3.06. The Hall–Kier alpha value is -4.41. The van der Waals surface area contributed by atoms with Crippen LogP contribution in [0.2, 0.25) is 0 Å². The molecule has 1 atom stereocenters. The molecule has 46 heavy (non-hydrogen) atoms. The van der Waals surface area contributed by atoms with Crippen LogP contribution in [0.4, 0.5) is 5.69 Å². The highest BCUT2D eigenvalue weighted by Gasteiger charge is 2.39. The van der Waals surface area contributed by atoms with Crippen molar-refractivity contribution in [2.75, 3.05) is 33.1 Å². The molecule has 252 valence electrons. The smallest absolute Gasteiger partial charge is 0.326 e. The largest absolute Gasteiger partial charge is 0.493 e. The van der Waals surface area contributed by atoms with Gasteiger partial charge in [0.15, 0.2) is 11.5 Å². The number of carbonyl (C=O) groups excluding carboxylic acids is 4. The molecule has 1 heterocycles. The van der Waals surface area contributed by atoms with E-state index in [1.165, 1.54) is 10.5 Å². The van der Waals surface area contributed by atoms with E-state index >= 15 is 0 Å². The van der Waals surface area contributed by atoms with Crippen molar-refractivity contribution in [1.29, 1.82) is 0 Å². The van der Waals surface area contributed by atoms with Crippen molar-refractivity contribution in [3.63, 3.8) is 0 Å². The lowest BCUT2D eigenvalue weighted by Crippen LogP contribution is -2.52. The van der Waals surface area contributed by atoms with Crippen LogP contribution in [0.15, 0.2) is 42.5 Å². The molecule has 2 aromatic rings. The first-order valence-corrected chi connectivity index (χ1v) is 15.7. The summed E-state index contributed by atoms with van der Waals surface area (Å²) < 4.78 is 10.6. The third kappa shape index (κ3) is 11.5. The Balaban J connectivity index is 0.000000353. The maximum atomic E-state index is 12.1. The monoisotopic (exact) mass is 639 g/mol. The summed E-state index contributed by atoms with van der Waals surface area (Å²) in [6, 6.07) is 12.9. The molecule has 0 spiro atoms. The van der Waals surface area contributed by atoms with Crippen molar-refractivity contribution in [2.24, 2.45) is 5.41 Å². The van der Waals surface area contributed by atoms with Crippen LogP contribution >= 0.6 is 0 Å². The van der Waals surface area contributed by atoms with Crippen LogP contribution in [-0.4, -0.2) is 73.3 Å². The van der Waals surface area contributed by atoms with Gasteiger partial charge in [-0.15, -0.1) is 0 Å². The number of methoxy groups -OCH3 is 2. The third-order valence-corrected chi connectivity index (χ3v) is 8.19. The number of rotatable bonds is 14. The Labute approximate surface area is 272 Å². The fourth-order valence-corrected chi connectivity index (χ4v) is 4.92. The predicted octanol–water partition coefficient (Wildman–Crippen LogP) is 4.80.